The van der Waals surface area contributed by atoms with Gasteiger partial charge in [-0.1, -0.05) is 28.1 Å². The van der Waals surface area contributed by atoms with Gasteiger partial charge in [-0.25, -0.2) is 8.78 Å². The van der Waals surface area contributed by atoms with E-state index in [1.807, 2.05) is 0 Å². The third-order valence-electron chi connectivity index (χ3n) is 2.72. The summed E-state index contributed by atoms with van der Waals surface area (Å²) in [4.78, 5) is 10.3. The molecule has 110 valence electrons. The number of rotatable bonds is 4. The van der Waals surface area contributed by atoms with Gasteiger partial charge in [0.05, 0.1) is 4.92 Å². The number of nitrogens with one attached hydrogen (secondary N) is 1. The van der Waals surface area contributed by atoms with Crippen molar-refractivity contribution in [2.24, 2.45) is 0 Å². The number of nitro groups is 1. The second-order valence-electron chi connectivity index (χ2n) is 4.11. The van der Waals surface area contributed by atoms with E-state index in [0.29, 0.717) is 10.0 Å². The zero-order valence-corrected chi connectivity index (χ0v) is 13.5. The van der Waals surface area contributed by atoms with E-state index >= 15 is 0 Å². The Balaban J connectivity index is 2.25. The van der Waals surface area contributed by atoms with E-state index in [9.17, 15) is 18.9 Å². The van der Waals surface area contributed by atoms with Crippen LogP contribution in [-0.4, -0.2) is 4.92 Å². The van der Waals surface area contributed by atoms with E-state index in [2.05, 4.69) is 37.2 Å². The summed E-state index contributed by atoms with van der Waals surface area (Å²) in [5.74, 6) is -1.49. The smallest absolute Gasteiger partial charge is 0.283 e. The summed E-state index contributed by atoms with van der Waals surface area (Å²) in [6, 6.07) is 6.74. The second-order valence-corrected chi connectivity index (χ2v) is 5.81. The Morgan fingerprint density at radius 2 is 1.81 bits per heavy atom. The lowest BCUT2D eigenvalue weighted by atomic mass is 10.2. The van der Waals surface area contributed by atoms with Crippen LogP contribution in [0.25, 0.3) is 0 Å². The predicted octanol–water partition coefficient (Wildman–Crippen LogP) is 5.01. The lowest BCUT2D eigenvalue weighted by Crippen LogP contribution is -2.05. The first-order valence-electron chi connectivity index (χ1n) is 5.70. The van der Waals surface area contributed by atoms with Gasteiger partial charge in [0.25, 0.3) is 5.69 Å². The molecule has 0 unspecified atom stereocenters. The van der Waals surface area contributed by atoms with Crippen molar-refractivity contribution in [3.63, 3.8) is 0 Å². The summed E-state index contributed by atoms with van der Waals surface area (Å²) in [5, 5.41) is 13.4. The van der Waals surface area contributed by atoms with Gasteiger partial charge < -0.3 is 5.32 Å². The maximum absolute atomic E-state index is 13.7. The fourth-order valence-electron chi connectivity index (χ4n) is 1.74. The Labute approximate surface area is 135 Å². The van der Waals surface area contributed by atoms with E-state index in [4.69, 9.17) is 0 Å². The lowest BCUT2D eigenvalue weighted by Gasteiger charge is -2.10. The van der Waals surface area contributed by atoms with Crippen molar-refractivity contribution in [1.82, 2.24) is 0 Å². The SMILES string of the molecule is O=[N+]([O-])c1cccc(CNc2c(F)cc(Br)cc2F)c1Br. The average molecular weight is 422 g/mol. The zero-order chi connectivity index (χ0) is 15.6. The van der Waals surface area contributed by atoms with Gasteiger partial charge in [-0.2, -0.15) is 0 Å². The largest absolute Gasteiger partial charge is 0.376 e. The van der Waals surface area contributed by atoms with E-state index in [-0.39, 0.29) is 22.4 Å². The lowest BCUT2D eigenvalue weighted by molar-refractivity contribution is -0.385. The highest BCUT2D eigenvalue weighted by Gasteiger charge is 2.16. The van der Waals surface area contributed by atoms with Crippen LogP contribution in [0.1, 0.15) is 5.56 Å². The van der Waals surface area contributed by atoms with Crippen LogP contribution >= 0.6 is 31.9 Å². The normalized spacial score (nSPS) is 10.5. The van der Waals surface area contributed by atoms with Crippen LogP contribution in [0.4, 0.5) is 20.2 Å². The highest BCUT2D eigenvalue weighted by atomic mass is 79.9. The molecule has 0 fully saturated rings. The van der Waals surface area contributed by atoms with Crippen molar-refractivity contribution in [3.8, 4) is 0 Å². The maximum atomic E-state index is 13.7. The molecule has 21 heavy (non-hydrogen) atoms. The van der Waals surface area contributed by atoms with Gasteiger partial charge in [-0.05, 0) is 33.6 Å². The number of hydrogen-bond acceptors (Lipinski definition) is 3. The van der Waals surface area contributed by atoms with Gasteiger partial charge in [0.2, 0.25) is 0 Å². The molecule has 0 atom stereocenters. The molecule has 0 heterocycles. The molecule has 0 aliphatic rings. The van der Waals surface area contributed by atoms with E-state index in [1.165, 1.54) is 12.1 Å². The predicted molar refractivity (Wildman–Crippen MR) is 82.2 cm³/mol. The molecule has 0 spiro atoms. The molecule has 1 N–H and O–H groups in total. The quantitative estimate of drug-likeness (QED) is 0.557. The molecule has 0 aliphatic carbocycles. The average Bonchev–Trinajstić information content (AvgIpc) is 2.38. The summed E-state index contributed by atoms with van der Waals surface area (Å²) in [6.07, 6.45) is 0. The minimum absolute atomic E-state index is 0.0394. The van der Waals surface area contributed by atoms with Crippen LogP contribution in [0.3, 0.4) is 0 Å². The number of nitro benzene ring substituents is 1. The number of benzene rings is 2. The van der Waals surface area contributed by atoms with Crippen LogP contribution in [0, 0.1) is 21.7 Å². The van der Waals surface area contributed by atoms with Crippen molar-refractivity contribution < 1.29 is 13.7 Å². The Kier molecular flexibility index (Phi) is 4.89. The first-order chi connectivity index (χ1) is 9.90. The van der Waals surface area contributed by atoms with Gasteiger partial charge in [0.15, 0.2) is 0 Å². The standard InChI is InChI=1S/C13H8Br2F2N2O2/c14-8-4-9(16)13(10(17)5-8)18-6-7-2-1-3-11(12(7)15)19(20)21/h1-5,18H,6H2. The highest BCUT2D eigenvalue weighted by molar-refractivity contribution is 9.10. The molecule has 8 heteroatoms. The number of nitrogens with zero attached hydrogens (tertiary/aromatic N) is 1. The topological polar surface area (TPSA) is 55.2 Å². The number of anilines is 1. The van der Waals surface area contributed by atoms with E-state index < -0.39 is 16.6 Å². The molecule has 2 aromatic carbocycles. The van der Waals surface area contributed by atoms with Crippen molar-refractivity contribution in [2.75, 3.05) is 5.32 Å². The van der Waals surface area contributed by atoms with Crippen molar-refractivity contribution in [3.05, 3.63) is 66.6 Å². The fourth-order valence-corrected chi connectivity index (χ4v) is 2.69. The molecule has 4 nitrogen and oxygen atoms in total. The molecule has 0 radical (unpaired) electrons. The Morgan fingerprint density at radius 1 is 1.19 bits per heavy atom. The second kappa shape index (κ2) is 6.48. The number of hydrogen-bond donors (Lipinski definition) is 1. The Hall–Kier alpha value is -1.54. The van der Waals surface area contributed by atoms with Gasteiger partial charge in [-0.15, -0.1) is 0 Å². The molecule has 0 aromatic heterocycles. The molecular formula is C13H8Br2F2N2O2. The molecule has 0 saturated carbocycles. The van der Waals surface area contributed by atoms with Crippen molar-refractivity contribution in [1.29, 1.82) is 0 Å². The number of halogens is 4. The first-order valence-corrected chi connectivity index (χ1v) is 7.29. The van der Waals surface area contributed by atoms with Gasteiger partial charge in [0.1, 0.15) is 21.8 Å². The van der Waals surface area contributed by atoms with E-state index in [1.54, 1.807) is 6.07 Å². The maximum Gasteiger partial charge on any atom is 0.283 e. The fraction of sp³-hybridized carbons (Fsp3) is 0.0769. The van der Waals surface area contributed by atoms with Crippen LogP contribution in [0.5, 0.6) is 0 Å². The summed E-state index contributed by atoms with van der Waals surface area (Å²) >= 11 is 6.12. The Bertz CT molecular complexity index is 688. The monoisotopic (exact) mass is 420 g/mol. The Morgan fingerprint density at radius 3 is 2.38 bits per heavy atom. The molecule has 0 saturated heterocycles. The van der Waals surface area contributed by atoms with Crippen molar-refractivity contribution >= 4 is 43.2 Å². The summed E-state index contributed by atoms with van der Waals surface area (Å²) in [7, 11) is 0. The van der Waals surface area contributed by atoms with Crippen LogP contribution in [0.2, 0.25) is 0 Å². The molecule has 2 aromatic rings. The summed E-state index contributed by atoms with van der Waals surface area (Å²) < 4.78 is 27.9. The molecular weight excluding hydrogens is 414 g/mol. The molecule has 0 aliphatic heterocycles. The van der Waals surface area contributed by atoms with E-state index in [0.717, 1.165) is 12.1 Å². The highest BCUT2D eigenvalue weighted by Crippen LogP contribution is 2.30. The van der Waals surface area contributed by atoms with Crippen LogP contribution in [0.15, 0.2) is 39.3 Å². The third kappa shape index (κ3) is 3.56. The minimum atomic E-state index is -0.747. The van der Waals surface area contributed by atoms with Gasteiger partial charge in [-0.3, -0.25) is 10.1 Å². The van der Waals surface area contributed by atoms with Gasteiger partial charge >= 0.3 is 0 Å². The van der Waals surface area contributed by atoms with Gasteiger partial charge in [0, 0.05) is 17.1 Å². The first kappa shape index (κ1) is 15.8. The molecule has 2 rings (SSSR count). The molecule has 0 amide bonds. The van der Waals surface area contributed by atoms with Crippen LogP contribution in [-0.2, 0) is 6.54 Å². The van der Waals surface area contributed by atoms with Crippen molar-refractivity contribution in [2.45, 2.75) is 6.54 Å². The zero-order valence-electron chi connectivity index (χ0n) is 10.4. The summed E-state index contributed by atoms with van der Waals surface area (Å²) in [5.41, 5.74) is 0.133. The third-order valence-corrected chi connectivity index (χ3v) is 4.09. The summed E-state index contributed by atoms with van der Waals surface area (Å²) in [6.45, 7) is 0.0394. The minimum Gasteiger partial charge on any atom is -0.376 e. The van der Waals surface area contributed by atoms with Crippen LogP contribution < -0.4 is 5.32 Å². The molecule has 0 bridgehead atoms.